The van der Waals surface area contributed by atoms with Crippen LogP contribution in [0, 0.1) is 0 Å². The molecule has 1 heterocycles. The predicted octanol–water partition coefficient (Wildman–Crippen LogP) is 0.537. The number of hydrogen-bond acceptors (Lipinski definition) is 2. The number of carbonyl (C=O) groups is 1. The van der Waals surface area contributed by atoms with Crippen molar-refractivity contribution in [3.05, 3.63) is 0 Å². The quantitative estimate of drug-likeness (QED) is 0.493. The first-order valence-electron chi connectivity index (χ1n) is 3.02. The molecule has 0 N–H and O–H groups in total. The van der Waals surface area contributed by atoms with Gasteiger partial charge in [-0.1, -0.05) is 0 Å². The van der Waals surface area contributed by atoms with E-state index < -0.39 is 4.75 Å². The zero-order valence-corrected chi connectivity index (χ0v) is 6.61. The summed E-state index contributed by atoms with van der Waals surface area (Å²) in [5, 5.41) is 0. The summed E-state index contributed by atoms with van der Waals surface area (Å²) in [5.41, 5.74) is 0. The van der Waals surface area contributed by atoms with Gasteiger partial charge >= 0.3 is 0 Å². The molecule has 1 fully saturated rings. The molecule has 1 saturated heterocycles. The van der Waals surface area contributed by atoms with Crippen LogP contribution in [0.25, 0.3) is 0 Å². The van der Waals surface area contributed by atoms with E-state index >= 15 is 0 Å². The molecular formula is C6H11NOS. The molecule has 1 unspecified atom stereocenters. The number of rotatable bonds is 0. The second-order valence-corrected chi connectivity index (χ2v) is 3.74. The van der Waals surface area contributed by atoms with Crippen molar-refractivity contribution in [2.24, 2.45) is 0 Å². The van der Waals surface area contributed by atoms with Crippen LogP contribution in [0.3, 0.4) is 0 Å². The van der Waals surface area contributed by atoms with Gasteiger partial charge in [0, 0.05) is 13.6 Å². The standard InChI is InChI=1S/C6H11NOS/c1-6(9)3-4-7(2)5(6)8/h9H,3-4H2,1-2H3. The fourth-order valence-corrected chi connectivity index (χ4v) is 1.28. The van der Waals surface area contributed by atoms with Gasteiger partial charge in [-0.05, 0) is 13.3 Å². The Hall–Kier alpha value is -0.180. The SMILES string of the molecule is CN1CCC(C)(S)C1=O. The molecule has 0 aliphatic carbocycles. The highest BCUT2D eigenvalue weighted by Gasteiger charge is 2.37. The van der Waals surface area contributed by atoms with Gasteiger partial charge in [0.2, 0.25) is 5.91 Å². The van der Waals surface area contributed by atoms with Crippen molar-refractivity contribution in [3.63, 3.8) is 0 Å². The molecule has 0 saturated carbocycles. The maximum Gasteiger partial charge on any atom is 0.238 e. The zero-order valence-electron chi connectivity index (χ0n) is 5.72. The maximum atomic E-state index is 11.1. The third-order valence-electron chi connectivity index (χ3n) is 1.74. The van der Waals surface area contributed by atoms with E-state index in [9.17, 15) is 4.79 Å². The lowest BCUT2D eigenvalue weighted by atomic mass is 10.1. The fraction of sp³-hybridized carbons (Fsp3) is 0.833. The van der Waals surface area contributed by atoms with Gasteiger partial charge < -0.3 is 4.90 Å². The van der Waals surface area contributed by atoms with Gasteiger partial charge in [0.15, 0.2) is 0 Å². The van der Waals surface area contributed by atoms with E-state index in [1.54, 1.807) is 4.90 Å². The van der Waals surface area contributed by atoms with E-state index in [-0.39, 0.29) is 5.91 Å². The Morgan fingerprint density at radius 2 is 2.33 bits per heavy atom. The summed E-state index contributed by atoms with van der Waals surface area (Å²) in [7, 11) is 1.81. The van der Waals surface area contributed by atoms with E-state index in [0.717, 1.165) is 13.0 Å². The van der Waals surface area contributed by atoms with Crippen LogP contribution in [0.4, 0.5) is 0 Å². The fourth-order valence-electron chi connectivity index (χ4n) is 1.01. The van der Waals surface area contributed by atoms with Crippen molar-refractivity contribution in [2.75, 3.05) is 13.6 Å². The second kappa shape index (κ2) is 1.90. The smallest absolute Gasteiger partial charge is 0.238 e. The Kier molecular flexibility index (Phi) is 1.47. The van der Waals surface area contributed by atoms with Gasteiger partial charge in [-0.15, -0.1) is 0 Å². The van der Waals surface area contributed by atoms with Crippen molar-refractivity contribution in [1.29, 1.82) is 0 Å². The van der Waals surface area contributed by atoms with Crippen LogP contribution < -0.4 is 0 Å². The Morgan fingerprint density at radius 1 is 1.78 bits per heavy atom. The Balaban J connectivity index is 2.74. The Labute approximate surface area is 60.6 Å². The van der Waals surface area contributed by atoms with Crippen LogP contribution in [-0.2, 0) is 4.79 Å². The Bertz CT molecular complexity index is 144. The van der Waals surface area contributed by atoms with Crippen molar-refractivity contribution in [2.45, 2.75) is 18.1 Å². The molecule has 1 aliphatic rings. The third kappa shape index (κ3) is 1.06. The molecule has 2 nitrogen and oxygen atoms in total. The molecule has 1 atom stereocenters. The highest BCUT2D eigenvalue weighted by atomic mass is 32.1. The minimum atomic E-state index is -0.394. The largest absolute Gasteiger partial charge is 0.345 e. The summed E-state index contributed by atoms with van der Waals surface area (Å²) < 4.78 is -0.394. The molecule has 0 spiro atoms. The average Bonchev–Trinajstić information content (AvgIpc) is 1.97. The first-order chi connectivity index (χ1) is 4.04. The number of carbonyl (C=O) groups excluding carboxylic acids is 1. The van der Waals surface area contributed by atoms with Crippen molar-refractivity contribution in [3.8, 4) is 0 Å². The van der Waals surface area contributed by atoms with Crippen LogP contribution in [-0.4, -0.2) is 29.1 Å². The van der Waals surface area contributed by atoms with E-state index in [1.807, 2.05) is 14.0 Å². The number of likely N-dealkylation sites (tertiary alicyclic amines) is 1. The maximum absolute atomic E-state index is 11.1. The summed E-state index contributed by atoms with van der Waals surface area (Å²) in [5.74, 6) is 0.144. The molecule has 0 bridgehead atoms. The lowest BCUT2D eigenvalue weighted by Crippen LogP contribution is -2.30. The Morgan fingerprint density at radius 3 is 2.44 bits per heavy atom. The van der Waals surface area contributed by atoms with Gasteiger partial charge in [0.05, 0.1) is 4.75 Å². The predicted molar refractivity (Wildman–Crippen MR) is 39.6 cm³/mol. The molecule has 1 amide bonds. The first kappa shape index (κ1) is 6.93. The molecule has 9 heavy (non-hydrogen) atoms. The molecule has 0 aromatic rings. The number of hydrogen-bond donors (Lipinski definition) is 1. The normalized spacial score (nSPS) is 35.9. The molecule has 3 heteroatoms. The number of amides is 1. The van der Waals surface area contributed by atoms with Crippen LogP contribution in [0.5, 0.6) is 0 Å². The average molecular weight is 145 g/mol. The van der Waals surface area contributed by atoms with Crippen molar-refractivity contribution in [1.82, 2.24) is 4.90 Å². The summed E-state index contributed by atoms with van der Waals surface area (Å²) in [6.07, 6.45) is 0.867. The van der Waals surface area contributed by atoms with Gasteiger partial charge in [0.1, 0.15) is 0 Å². The van der Waals surface area contributed by atoms with E-state index in [1.165, 1.54) is 0 Å². The number of thiol groups is 1. The lowest BCUT2D eigenvalue weighted by Gasteiger charge is -2.13. The second-order valence-electron chi connectivity index (χ2n) is 2.75. The van der Waals surface area contributed by atoms with Gasteiger partial charge in [-0.2, -0.15) is 12.6 Å². The highest BCUT2D eigenvalue weighted by Crippen LogP contribution is 2.26. The number of nitrogens with zero attached hydrogens (tertiary/aromatic N) is 1. The molecule has 0 radical (unpaired) electrons. The lowest BCUT2D eigenvalue weighted by molar-refractivity contribution is -0.128. The summed E-state index contributed by atoms with van der Waals surface area (Å²) in [4.78, 5) is 12.8. The van der Waals surface area contributed by atoms with Crippen molar-refractivity contribution < 1.29 is 4.79 Å². The topological polar surface area (TPSA) is 20.3 Å². The molecule has 1 aliphatic heterocycles. The molecular weight excluding hydrogens is 134 g/mol. The summed E-state index contributed by atoms with van der Waals surface area (Å²) in [6.45, 7) is 2.71. The molecule has 0 aromatic heterocycles. The van der Waals surface area contributed by atoms with E-state index in [0.29, 0.717) is 0 Å². The van der Waals surface area contributed by atoms with E-state index in [4.69, 9.17) is 0 Å². The summed E-state index contributed by atoms with van der Waals surface area (Å²) >= 11 is 4.21. The van der Waals surface area contributed by atoms with Gasteiger partial charge in [0.25, 0.3) is 0 Å². The van der Waals surface area contributed by atoms with E-state index in [2.05, 4.69) is 12.6 Å². The van der Waals surface area contributed by atoms with Crippen molar-refractivity contribution >= 4 is 18.5 Å². The first-order valence-corrected chi connectivity index (χ1v) is 3.47. The van der Waals surface area contributed by atoms with Gasteiger partial charge in [-0.25, -0.2) is 0 Å². The van der Waals surface area contributed by atoms with Crippen LogP contribution in [0.15, 0.2) is 0 Å². The minimum Gasteiger partial charge on any atom is -0.345 e. The third-order valence-corrected chi connectivity index (χ3v) is 2.16. The highest BCUT2D eigenvalue weighted by molar-refractivity contribution is 7.82. The monoisotopic (exact) mass is 145 g/mol. The van der Waals surface area contributed by atoms with Crippen LogP contribution >= 0.6 is 12.6 Å². The van der Waals surface area contributed by atoms with Crippen LogP contribution in [0.1, 0.15) is 13.3 Å². The minimum absolute atomic E-state index is 0.144. The molecule has 0 aromatic carbocycles. The van der Waals surface area contributed by atoms with Crippen LogP contribution in [0.2, 0.25) is 0 Å². The molecule has 1 rings (SSSR count). The summed E-state index contributed by atoms with van der Waals surface area (Å²) in [6, 6.07) is 0. The zero-order chi connectivity index (χ0) is 7.07. The van der Waals surface area contributed by atoms with Gasteiger partial charge in [-0.3, -0.25) is 4.79 Å². The molecule has 52 valence electrons.